The number of nitrogens with zero attached hydrogens (tertiary/aromatic N) is 2. The zero-order chi connectivity index (χ0) is 15.0. The zero-order valence-corrected chi connectivity index (χ0v) is 12.6. The fraction of sp³-hybridized carbons (Fsp3) is 0.250. The molecule has 21 heavy (non-hydrogen) atoms. The SMILES string of the molecule is CC(C)(O)Cc1cc(-c2cc3nccc(Cl)c3o2)ccn1. The van der Waals surface area contributed by atoms with Crippen LogP contribution in [0.2, 0.25) is 5.02 Å². The molecule has 3 aromatic heterocycles. The summed E-state index contributed by atoms with van der Waals surface area (Å²) in [5.41, 5.74) is 2.19. The average Bonchev–Trinajstić information content (AvgIpc) is 2.82. The van der Waals surface area contributed by atoms with Crippen LogP contribution in [-0.2, 0) is 6.42 Å². The van der Waals surface area contributed by atoms with Crippen molar-refractivity contribution < 1.29 is 9.52 Å². The summed E-state index contributed by atoms with van der Waals surface area (Å²) in [4.78, 5) is 8.51. The number of rotatable bonds is 3. The van der Waals surface area contributed by atoms with E-state index in [1.807, 2.05) is 18.2 Å². The summed E-state index contributed by atoms with van der Waals surface area (Å²) < 4.78 is 5.79. The Morgan fingerprint density at radius 1 is 1.19 bits per heavy atom. The number of aliphatic hydroxyl groups is 1. The van der Waals surface area contributed by atoms with Crippen molar-refractivity contribution in [3.63, 3.8) is 0 Å². The lowest BCUT2D eigenvalue weighted by molar-refractivity contribution is 0.0799. The molecule has 4 nitrogen and oxygen atoms in total. The van der Waals surface area contributed by atoms with Crippen LogP contribution in [0.3, 0.4) is 0 Å². The van der Waals surface area contributed by atoms with Gasteiger partial charge in [0.25, 0.3) is 0 Å². The van der Waals surface area contributed by atoms with Gasteiger partial charge < -0.3 is 9.52 Å². The lowest BCUT2D eigenvalue weighted by Gasteiger charge is -2.16. The maximum absolute atomic E-state index is 9.89. The van der Waals surface area contributed by atoms with Gasteiger partial charge >= 0.3 is 0 Å². The molecule has 0 aromatic carbocycles. The van der Waals surface area contributed by atoms with E-state index in [9.17, 15) is 5.11 Å². The van der Waals surface area contributed by atoms with Gasteiger partial charge in [-0.05, 0) is 32.0 Å². The molecular weight excluding hydrogens is 288 g/mol. The van der Waals surface area contributed by atoms with E-state index in [-0.39, 0.29) is 0 Å². The second kappa shape index (κ2) is 5.13. The van der Waals surface area contributed by atoms with Gasteiger partial charge in [-0.1, -0.05) is 11.6 Å². The van der Waals surface area contributed by atoms with E-state index >= 15 is 0 Å². The fourth-order valence-electron chi connectivity index (χ4n) is 2.22. The molecule has 0 spiro atoms. The summed E-state index contributed by atoms with van der Waals surface area (Å²) in [6.07, 6.45) is 3.83. The Kier molecular flexibility index (Phi) is 3.43. The Labute approximate surface area is 127 Å². The molecule has 3 heterocycles. The van der Waals surface area contributed by atoms with Gasteiger partial charge in [0.1, 0.15) is 11.3 Å². The predicted molar refractivity (Wildman–Crippen MR) is 82.3 cm³/mol. The summed E-state index contributed by atoms with van der Waals surface area (Å²) in [7, 11) is 0. The zero-order valence-electron chi connectivity index (χ0n) is 11.8. The molecule has 108 valence electrons. The van der Waals surface area contributed by atoms with Gasteiger partial charge in [-0.15, -0.1) is 0 Å². The fourth-order valence-corrected chi connectivity index (χ4v) is 2.41. The van der Waals surface area contributed by atoms with Crippen LogP contribution < -0.4 is 0 Å². The largest absolute Gasteiger partial charge is 0.453 e. The third kappa shape index (κ3) is 3.06. The van der Waals surface area contributed by atoms with Crippen LogP contribution in [0.25, 0.3) is 22.4 Å². The van der Waals surface area contributed by atoms with Gasteiger partial charge in [0.05, 0.1) is 10.6 Å². The minimum Gasteiger partial charge on any atom is -0.453 e. The summed E-state index contributed by atoms with van der Waals surface area (Å²) >= 11 is 6.10. The molecule has 3 aromatic rings. The number of aromatic nitrogens is 2. The topological polar surface area (TPSA) is 59.2 Å². The highest BCUT2D eigenvalue weighted by Crippen LogP contribution is 2.31. The Balaban J connectivity index is 2.02. The van der Waals surface area contributed by atoms with E-state index in [4.69, 9.17) is 16.0 Å². The Bertz CT molecular complexity index is 790. The number of fused-ring (bicyclic) bond motifs is 1. The van der Waals surface area contributed by atoms with Crippen LogP contribution >= 0.6 is 11.6 Å². The molecule has 0 saturated heterocycles. The highest BCUT2D eigenvalue weighted by Gasteiger charge is 2.16. The molecule has 0 aliphatic carbocycles. The van der Waals surface area contributed by atoms with E-state index in [2.05, 4.69) is 9.97 Å². The molecule has 0 saturated carbocycles. The second-order valence-corrected chi connectivity index (χ2v) is 6.05. The van der Waals surface area contributed by atoms with Crippen molar-refractivity contribution in [3.05, 3.63) is 47.4 Å². The highest BCUT2D eigenvalue weighted by molar-refractivity contribution is 6.34. The first-order valence-electron chi connectivity index (χ1n) is 6.64. The van der Waals surface area contributed by atoms with Crippen molar-refractivity contribution in [1.82, 2.24) is 9.97 Å². The molecule has 0 radical (unpaired) electrons. The number of hydrogen-bond donors (Lipinski definition) is 1. The quantitative estimate of drug-likeness (QED) is 0.798. The molecule has 3 rings (SSSR count). The number of pyridine rings is 2. The van der Waals surface area contributed by atoms with Crippen molar-refractivity contribution in [2.45, 2.75) is 25.9 Å². The third-order valence-corrected chi connectivity index (χ3v) is 3.38. The van der Waals surface area contributed by atoms with Gasteiger partial charge in [-0.25, -0.2) is 0 Å². The average molecular weight is 303 g/mol. The minimum atomic E-state index is -0.801. The van der Waals surface area contributed by atoms with E-state index < -0.39 is 5.60 Å². The van der Waals surface area contributed by atoms with Crippen molar-refractivity contribution in [1.29, 1.82) is 0 Å². The maximum Gasteiger partial charge on any atom is 0.171 e. The monoisotopic (exact) mass is 302 g/mol. The Hall–Kier alpha value is -1.91. The second-order valence-electron chi connectivity index (χ2n) is 5.64. The Morgan fingerprint density at radius 3 is 2.67 bits per heavy atom. The van der Waals surface area contributed by atoms with Crippen LogP contribution in [-0.4, -0.2) is 20.7 Å². The predicted octanol–water partition coefficient (Wildman–Crippen LogP) is 3.86. The van der Waals surface area contributed by atoms with Crippen molar-refractivity contribution >= 4 is 22.7 Å². The minimum absolute atomic E-state index is 0.472. The summed E-state index contributed by atoms with van der Waals surface area (Å²) in [5, 5.41) is 10.4. The molecule has 0 atom stereocenters. The van der Waals surface area contributed by atoms with Crippen LogP contribution in [0.5, 0.6) is 0 Å². The number of hydrogen-bond acceptors (Lipinski definition) is 4. The van der Waals surface area contributed by atoms with Gasteiger partial charge in [0, 0.05) is 36.1 Å². The van der Waals surface area contributed by atoms with E-state index in [0.29, 0.717) is 22.8 Å². The smallest absolute Gasteiger partial charge is 0.171 e. The molecule has 0 amide bonds. The van der Waals surface area contributed by atoms with Crippen molar-refractivity contribution in [2.24, 2.45) is 0 Å². The van der Waals surface area contributed by atoms with E-state index in [0.717, 1.165) is 16.8 Å². The molecule has 1 N–H and O–H groups in total. The normalized spacial score (nSPS) is 12.0. The van der Waals surface area contributed by atoms with Crippen LogP contribution in [0.15, 0.2) is 41.1 Å². The van der Waals surface area contributed by atoms with Crippen LogP contribution in [0.4, 0.5) is 0 Å². The molecule has 0 unspecified atom stereocenters. The van der Waals surface area contributed by atoms with E-state index in [1.54, 1.807) is 32.3 Å². The molecule has 0 aliphatic rings. The van der Waals surface area contributed by atoms with Crippen LogP contribution in [0.1, 0.15) is 19.5 Å². The highest BCUT2D eigenvalue weighted by atomic mass is 35.5. The van der Waals surface area contributed by atoms with Gasteiger partial charge in [-0.3, -0.25) is 9.97 Å². The Morgan fingerprint density at radius 2 is 1.95 bits per heavy atom. The van der Waals surface area contributed by atoms with Crippen molar-refractivity contribution in [3.8, 4) is 11.3 Å². The maximum atomic E-state index is 9.89. The van der Waals surface area contributed by atoms with Gasteiger partial charge in [0.2, 0.25) is 0 Å². The van der Waals surface area contributed by atoms with Gasteiger partial charge in [0.15, 0.2) is 5.58 Å². The first kappa shape index (κ1) is 14.0. The number of furan rings is 1. The van der Waals surface area contributed by atoms with E-state index in [1.165, 1.54) is 0 Å². The summed E-state index contributed by atoms with van der Waals surface area (Å²) in [5.74, 6) is 0.685. The first-order chi connectivity index (χ1) is 9.92. The number of halogens is 1. The molecule has 0 aliphatic heterocycles. The first-order valence-corrected chi connectivity index (χ1v) is 7.02. The summed E-state index contributed by atoms with van der Waals surface area (Å²) in [6.45, 7) is 3.51. The summed E-state index contributed by atoms with van der Waals surface area (Å²) in [6, 6.07) is 7.32. The van der Waals surface area contributed by atoms with Crippen molar-refractivity contribution in [2.75, 3.05) is 0 Å². The molecule has 0 bridgehead atoms. The molecule has 0 fully saturated rings. The lowest BCUT2D eigenvalue weighted by Crippen LogP contribution is -2.22. The lowest BCUT2D eigenvalue weighted by atomic mass is 10.0. The van der Waals surface area contributed by atoms with Crippen LogP contribution in [0, 0.1) is 0 Å². The molecule has 5 heteroatoms. The molecular formula is C16H15ClN2O2. The standard InChI is InChI=1S/C16H15ClN2O2/c1-16(2,20)9-11-7-10(3-5-18-11)14-8-13-15(21-14)12(17)4-6-19-13/h3-8,20H,9H2,1-2H3. The third-order valence-electron chi connectivity index (χ3n) is 3.08. The van der Waals surface area contributed by atoms with Gasteiger partial charge in [-0.2, -0.15) is 0 Å².